The Kier molecular flexibility index (Phi) is 8.15. The highest BCUT2D eigenvalue weighted by Crippen LogP contribution is 2.34. The van der Waals surface area contributed by atoms with E-state index >= 15 is 0 Å². The molecule has 35 heavy (non-hydrogen) atoms. The third-order valence-corrected chi connectivity index (χ3v) is 5.96. The molecular weight excluding hydrogens is 559 g/mol. The van der Waals surface area contributed by atoms with Crippen molar-refractivity contribution >= 4 is 45.3 Å². The van der Waals surface area contributed by atoms with Gasteiger partial charge in [-0.3, -0.25) is 10.1 Å². The quantitative estimate of drug-likeness (QED) is 0.0881. The van der Waals surface area contributed by atoms with Gasteiger partial charge in [0.05, 0.1) is 21.3 Å². The van der Waals surface area contributed by atoms with Crippen molar-refractivity contribution < 1.29 is 19.2 Å². The second kappa shape index (κ2) is 11.7. The van der Waals surface area contributed by atoms with E-state index in [-0.39, 0.29) is 12.3 Å². The second-order valence-corrected chi connectivity index (χ2v) is 8.83. The van der Waals surface area contributed by atoms with Gasteiger partial charge in [0, 0.05) is 17.7 Å². The van der Waals surface area contributed by atoms with E-state index in [2.05, 4.69) is 58.1 Å². The van der Waals surface area contributed by atoms with Crippen LogP contribution >= 0.6 is 22.6 Å². The highest BCUT2D eigenvalue weighted by atomic mass is 127. The number of ether oxygens (including phenoxy) is 2. The first-order valence-corrected chi connectivity index (χ1v) is 12.1. The molecule has 0 saturated heterocycles. The molecule has 0 saturated carbocycles. The molecule has 178 valence electrons. The van der Waals surface area contributed by atoms with Crippen LogP contribution in [0.4, 0.5) is 5.69 Å². The summed E-state index contributed by atoms with van der Waals surface area (Å²) in [7, 11) is 0. The molecule has 0 bridgehead atoms. The molecule has 0 amide bonds. The number of nitro benzene ring substituents is 1. The summed E-state index contributed by atoms with van der Waals surface area (Å²) in [5.41, 5.74) is 2.54. The van der Waals surface area contributed by atoms with Gasteiger partial charge in [0.25, 0.3) is 5.69 Å². The molecular formula is C27H23IN2O5. The fourth-order valence-electron chi connectivity index (χ4n) is 3.52. The van der Waals surface area contributed by atoms with Gasteiger partial charge in [0.2, 0.25) is 0 Å². The van der Waals surface area contributed by atoms with Crippen LogP contribution in [0.2, 0.25) is 0 Å². The van der Waals surface area contributed by atoms with Crippen LogP contribution in [0, 0.1) is 13.7 Å². The van der Waals surface area contributed by atoms with E-state index in [0.29, 0.717) is 30.3 Å². The SMILES string of the molecule is CCOc1cc(/C=N\OCc2cccc([N+](=O)[O-])c2)cc(I)c1OCc1ccc2ccccc2c1. The van der Waals surface area contributed by atoms with E-state index in [0.717, 1.165) is 14.7 Å². The molecule has 0 N–H and O–H groups in total. The van der Waals surface area contributed by atoms with Gasteiger partial charge in [-0.25, -0.2) is 0 Å². The molecule has 0 aliphatic rings. The largest absolute Gasteiger partial charge is 0.490 e. The predicted octanol–water partition coefficient (Wildman–Crippen LogP) is 6.88. The molecule has 0 radical (unpaired) electrons. The lowest BCUT2D eigenvalue weighted by Crippen LogP contribution is -2.02. The number of benzene rings is 4. The summed E-state index contributed by atoms with van der Waals surface area (Å²) in [6, 6.07) is 24.6. The predicted molar refractivity (Wildman–Crippen MR) is 144 cm³/mol. The molecule has 0 heterocycles. The van der Waals surface area contributed by atoms with Crippen molar-refractivity contribution in [2.24, 2.45) is 5.16 Å². The van der Waals surface area contributed by atoms with Crippen LogP contribution in [-0.2, 0) is 18.1 Å². The maximum Gasteiger partial charge on any atom is 0.269 e. The van der Waals surface area contributed by atoms with Crippen LogP contribution < -0.4 is 9.47 Å². The number of hydrogen-bond acceptors (Lipinski definition) is 6. The van der Waals surface area contributed by atoms with Gasteiger partial charge in [-0.05, 0) is 69.6 Å². The first kappa shape index (κ1) is 24.5. The summed E-state index contributed by atoms with van der Waals surface area (Å²) < 4.78 is 12.9. The Labute approximate surface area is 216 Å². The van der Waals surface area contributed by atoms with Crippen molar-refractivity contribution in [1.29, 1.82) is 0 Å². The van der Waals surface area contributed by atoms with Crippen LogP contribution in [-0.4, -0.2) is 17.7 Å². The molecule has 7 nitrogen and oxygen atoms in total. The standard InChI is InChI=1S/C27H23IN2O5/c1-2-33-26-15-21(16-29-35-18-19-6-5-9-24(13-19)30(31)32)14-25(28)27(26)34-17-20-10-11-22-7-3-4-8-23(22)12-20/h3-16H,2,17-18H2,1H3/b29-16-. The summed E-state index contributed by atoms with van der Waals surface area (Å²) >= 11 is 2.22. The molecule has 0 aliphatic carbocycles. The van der Waals surface area contributed by atoms with Gasteiger partial charge in [-0.1, -0.05) is 53.7 Å². The summed E-state index contributed by atoms with van der Waals surface area (Å²) in [6.07, 6.45) is 1.58. The summed E-state index contributed by atoms with van der Waals surface area (Å²) in [6.45, 7) is 2.95. The fraction of sp³-hybridized carbons (Fsp3) is 0.148. The fourth-order valence-corrected chi connectivity index (χ4v) is 4.30. The van der Waals surface area contributed by atoms with Gasteiger partial charge >= 0.3 is 0 Å². The average Bonchev–Trinajstić information content (AvgIpc) is 2.86. The molecule has 8 heteroatoms. The number of halogens is 1. The molecule has 4 aromatic carbocycles. The van der Waals surface area contributed by atoms with Crippen LogP contribution in [0.25, 0.3) is 10.8 Å². The minimum Gasteiger partial charge on any atom is -0.490 e. The summed E-state index contributed by atoms with van der Waals surface area (Å²) in [5, 5.41) is 17.3. The number of nitrogens with zero attached hydrogens (tertiary/aromatic N) is 2. The maximum atomic E-state index is 10.9. The van der Waals surface area contributed by atoms with E-state index in [9.17, 15) is 10.1 Å². The van der Waals surface area contributed by atoms with Crippen LogP contribution in [0.5, 0.6) is 11.5 Å². The van der Waals surface area contributed by atoms with Crippen LogP contribution in [0.1, 0.15) is 23.6 Å². The first-order valence-electron chi connectivity index (χ1n) is 11.0. The zero-order valence-corrected chi connectivity index (χ0v) is 21.2. The summed E-state index contributed by atoms with van der Waals surface area (Å²) in [5.74, 6) is 1.30. The monoisotopic (exact) mass is 582 g/mol. The molecule has 0 aromatic heterocycles. The third kappa shape index (κ3) is 6.48. The lowest BCUT2D eigenvalue weighted by molar-refractivity contribution is -0.384. The number of hydrogen-bond donors (Lipinski definition) is 0. The Morgan fingerprint density at radius 3 is 2.51 bits per heavy atom. The lowest BCUT2D eigenvalue weighted by Gasteiger charge is -2.15. The number of rotatable bonds is 10. The number of nitro groups is 1. The normalized spacial score (nSPS) is 11.0. The third-order valence-electron chi connectivity index (χ3n) is 5.16. The van der Waals surface area contributed by atoms with Crippen molar-refractivity contribution in [2.45, 2.75) is 20.1 Å². The molecule has 0 atom stereocenters. The van der Waals surface area contributed by atoms with E-state index in [1.807, 2.05) is 31.2 Å². The van der Waals surface area contributed by atoms with Crippen molar-refractivity contribution in [3.05, 3.63) is 109 Å². The molecule has 4 aromatic rings. The minimum atomic E-state index is -0.437. The Balaban J connectivity index is 1.44. The molecule has 0 fully saturated rings. The zero-order valence-electron chi connectivity index (χ0n) is 19.0. The van der Waals surface area contributed by atoms with E-state index in [4.69, 9.17) is 14.3 Å². The van der Waals surface area contributed by atoms with Crippen molar-refractivity contribution in [3.63, 3.8) is 0 Å². The van der Waals surface area contributed by atoms with Gasteiger partial charge in [0.15, 0.2) is 11.5 Å². The van der Waals surface area contributed by atoms with Crippen molar-refractivity contribution in [1.82, 2.24) is 0 Å². The zero-order chi connectivity index (χ0) is 24.6. The maximum absolute atomic E-state index is 10.9. The highest BCUT2D eigenvalue weighted by molar-refractivity contribution is 14.1. The van der Waals surface area contributed by atoms with E-state index in [1.165, 1.54) is 22.9 Å². The van der Waals surface area contributed by atoms with Crippen molar-refractivity contribution in [3.8, 4) is 11.5 Å². The van der Waals surface area contributed by atoms with Gasteiger partial charge in [0.1, 0.15) is 13.2 Å². The number of oxime groups is 1. The van der Waals surface area contributed by atoms with Crippen LogP contribution in [0.15, 0.2) is 84.0 Å². The number of non-ortho nitro benzene ring substituents is 1. The van der Waals surface area contributed by atoms with E-state index < -0.39 is 4.92 Å². The van der Waals surface area contributed by atoms with E-state index in [1.54, 1.807) is 18.3 Å². The Morgan fingerprint density at radius 2 is 1.71 bits per heavy atom. The molecule has 4 rings (SSSR count). The number of fused-ring (bicyclic) bond motifs is 1. The minimum absolute atomic E-state index is 0.0188. The van der Waals surface area contributed by atoms with Gasteiger partial charge in [-0.15, -0.1) is 0 Å². The van der Waals surface area contributed by atoms with Crippen LogP contribution in [0.3, 0.4) is 0 Å². The highest BCUT2D eigenvalue weighted by Gasteiger charge is 2.13. The topological polar surface area (TPSA) is 83.2 Å². The Bertz CT molecular complexity index is 1370. The van der Waals surface area contributed by atoms with Gasteiger partial charge in [-0.2, -0.15) is 0 Å². The smallest absolute Gasteiger partial charge is 0.269 e. The average molecular weight is 582 g/mol. The first-order chi connectivity index (χ1) is 17.0. The molecule has 0 aliphatic heterocycles. The summed E-state index contributed by atoms with van der Waals surface area (Å²) in [4.78, 5) is 15.8. The molecule has 0 spiro atoms. The lowest BCUT2D eigenvalue weighted by atomic mass is 10.1. The Morgan fingerprint density at radius 1 is 0.914 bits per heavy atom. The van der Waals surface area contributed by atoms with Crippen molar-refractivity contribution in [2.75, 3.05) is 6.61 Å². The Hall–Kier alpha value is -3.66. The molecule has 0 unspecified atom stereocenters. The second-order valence-electron chi connectivity index (χ2n) is 7.67. The van der Waals surface area contributed by atoms with Gasteiger partial charge < -0.3 is 14.3 Å².